The summed E-state index contributed by atoms with van der Waals surface area (Å²) in [6, 6.07) is 4.83. The van der Waals surface area contributed by atoms with Crippen molar-refractivity contribution in [1.29, 1.82) is 0 Å². The Morgan fingerprint density at radius 2 is 1.76 bits per heavy atom. The van der Waals surface area contributed by atoms with Gasteiger partial charge in [0.15, 0.2) is 0 Å². The highest BCUT2D eigenvalue weighted by atomic mass is 16.4. The lowest BCUT2D eigenvalue weighted by Gasteiger charge is -2.04. The monoisotopic (exact) mass is 291 g/mol. The van der Waals surface area contributed by atoms with Crippen LogP contribution in [-0.4, -0.2) is 27.2 Å². The molecule has 110 valence electrons. The van der Waals surface area contributed by atoms with Gasteiger partial charge in [0.25, 0.3) is 5.91 Å². The Morgan fingerprint density at radius 1 is 1.14 bits per heavy atom. The normalized spacial score (nSPS) is 10.3. The smallest absolute Gasteiger partial charge is 0.339 e. The number of aromatic hydroxyl groups is 2. The number of aryl methyl sites for hydroxylation is 1. The van der Waals surface area contributed by atoms with Crippen molar-refractivity contribution in [2.24, 2.45) is 0 Å². The van der Waals surface area contributed by atoms with Crippen LogP contribution >= 0.6 is 0 Å². The standard InChI is InChI=1S/C14H13NO6/c1-7-12(14(19)20)5-11(21-7)6-15-13(18)8-2-9(16)4-10(17)3-8/h2-5,16-17H,6H2,1H3,(H,15,18)(H,19,20). The second-order valence-electron chi connectivity index (χ2n) is 4.41. The Bertz CT molecular complexity index is 683. The van der Waals surface area contributed by atoms with Crippen molar-refractivity contribution >= 4 is 11.9 Å². The van der Waals surface area contributed by atoms with E-state index in [1.807, 2.05) is 0 Å². The molecule has 0 bridgehead atoms. The van der Waals surface area contributed by atoms with E-state index >= 15 is 0 Å². The van der Waals surface area contributed by atoms with Gasteiger partial charge in [0, 0.05) is 11.6 Å². The number of nitrogens with one attached hydrogen (secondary N) is 1. The number of phenolic OH excluding ortho intramolecular Hbond substituents is 2. The van der Waals surface area contributed by atoms with E-state index in [-0.39, 0.29) is 34.9 Å². The summed E-state index contributed by atoms with van der Waals surface area (Å²) in [6.45, 7) is 1.51. The highest BCUT2D eigenvalue weighted by Crippen LogP contribution is 2.20. The fourth-order valence-corrected chi connectivity index (χ4v) is 1.84. The van der Waals surface area contributed by atoms with Crippen LogP contribution in [0.5, 0.6) is 11.5 Å². The molecule has 0 atom stereocenters. The highest BCUT2D eigenvalue weighted by molar-refractivity contribution is 5.95. The quantitative estimate of drug-likeness (QED) is 0.679. The number of carbonyl (C=O) groups excluding carboxylic acids is 1. The van der Waals surface area contributed by atoms with E-state index in [9.17, 15) is 19.8 Å². The van der Waals surface area contributed by atoms with Gasteiger partial charge in [0.05, 0.1) is 6.54 Å². The van der Waals surface area contributed by atoms with E-state index in [1.165, 1.54) is 25.1 Å². The van der Waals surface area contributed by atoms with Gasteiger partial charge in [-0.2, -0.15) is 0 Å². The van der Waals surface area contributed by atoms with Gasteiger partial charge in [-0.15, -0.1) is 0 Å². The molecule has 0 radical (unpaired) electrons. The summed E-state index contributed by atoms with van der Waals surface area (Å²) < 4.78 is 5.22. The molecule has 21 heavy (non-hydrogen) atoms. The fraction of sp³-hybridized carbons (Fsp3) is 0.143. The molecule has 2 rings (SSSR count). The zero-order valence-corrected chi connectivity index (χ0v) is 11.1. The van der Waals surface area contributed by atoms with Crippen molar-refractivity contribution in [3.05, 3.63) is 46.9 Å². The van der Waals surface area contributed by atoms with Crippen LogP contribution < -0.4 is 5.32 Å². The lowest BCUT2D eigenvalue weighted by atomic mass is 10.2. The molecule has 1 aromatic heterocycles. The number of hydrogen-bond donors (Lipinski definition) is 4. The Hall–Kier alpha value is -2.96. The lowest BCUT2D eigenvalue weighted by molar-refractivity contribution is 0.0694. The van der Waals surface area contributed by atoms with Crippen LogP contribution in [0.4, 0.5) is 0 Å². The topological polar surface area (TPSA) is 120 Å². The molecule has 7 nitrogen and oxygen atoms in total. The zero-order valence-electron chi connectivity index (χ0n) is 11.1. The molecule has 1 heterocycles. The van der Waals surface area contributed by atoms with Crippen molar-refractivity contribution < 1.29 is 29.3 Å². The summed E-state index contributed by atoms with van der Waals surface area (Å²) in [6.07, 6.45) is 0. The van der Waals surface area contributed by atoms with Gasteiger partial charge in [-0.1, -0.05) is 0 Å². The van der Waals surface area contributed by atoms with Crippen LogP contribution in [0.15, 0.2) is 28.7 Å². The first kappa shape index (κ1) is 14.4. The maximum absolute atomic E-state index is 11.9. The molecule has 0 aliphatic heterocycles. The number of hydrogen-bond acceptors (Lipinski definition) is 5. The Balaban J connectivity index is 2.07. The van der Waals surface area contributed by atoms with Gasteiger partial charge >= 0.3 is 5.97 Å². The van der Waals surface area contributed by atoms with Crippen LogP contribution in [0.25, 0.3) is 0 Å². The van der Waals surface area contributed by atoms with Crippen molar-refractivity contribution in [2.45, 2.75) is 13.5 Å². The minimum atomic E-state index is -1.10. The Kier molecular flexibility index (Phi) is 3.84. The van der Waals surface area contributed by atoms with Gasteiger partial charge in [-0.05, 0) is 25.1 Å². The third kappa shape index (κ3) is 3.33. The average molecular weight is 291 g/mol. The number of phenols is 2. The molecule has 1 aromatic carbocycles. The van der Waals surface area contributed by atoms with E-state index in [0.717, 1.165) is 6.07 Å². The summed E-state index contributed by atoms with van der Waals surface area (Å²) in [4.78, 5) is 22.7. The van der Waals surface area contributed by atoms with E-state index in [0.29, 0.717) is 5.76 Å². The minimum Gasteiger partial charge on any atom is -0.508 e. The molecule has 2 aromatic rings. The largest absolute Gasteiger partial charge is 0.508 e. The number of aromatic carboxylic acids is 1. The van der Waals surface area contributed by atoms with E-state index in [2.05, 4.69) is 5.32 Å². The predicted octanol–water partition coefficient (Wildman–Crippen LogP) is 1.63. The first-order valence-corrected chi connectivity index (χ1v) is 6.00. The average Bonchev–Trinajstić information content (AvgIpc) is 2.76. The number of rotatable bonds is 4. The van der Waals surface area contributed by atoms with Crippen LogP contribution in [0, 0.1) is 6.92 Å². The molecule has 0 fully saturated rings. The molecule has 0 unspecified atom stereocenters. The first-order chi connectivity index (χ1) is 9.86. The number of benzene rings is 1. The Morgan fingerprint density at radius 3 is 2.29 bits per heavy atom. The molecule has 4 N–H and O–H groups in total. The van der Waals surface area contributed by atoms with Crippen molar-refractivity contribution in [1.82, 2.24) is 5.32 Å². The van der Waals surface area contributed by atoms with Gasteiger partial charge in [-0.3, -0.25) is 4.79 Å². The molecule has 0 spiro atoms. The van der Waals surface area contributed by atoms with Gasteiger partial charge in [0.2, 0.25) is 0 Å². The van der Waals surface area contributed by atoms with Gasteiger partial charge in [-0.25, -0.2) is 4.79 Å². The van der Waals surface area contributed by atoms with E-state index in [1.54, 1.807) is 0 Å². The minimum absolute atomic E-state index is 0.0105. The summed E-state index contributed by atoms with van der Waals surface area (Å²) in [5.41, 5.74) is 0.114. The zero-order chi connectivity index (χ0) is 15.6. The number of carbonyl (C=O) groups is 2. The van der Waals surface area contributed by atoms with Crippen molar-refractivity contribution in [3.63, 3.8) is 0 Å². The van der Waals surface area contributed by atoms with Gasteiger partial charge < -0.3 is 25.1 Å². The molecule has 0 saturated heterocycles. The Labute approximate surface area is 119 Å². The number of carboxylic acids is 1. The maximum atomic E-state index is 11.9. The molecule has 0 aliphatic carbocycles. The third-order valence-electron chi connectivity index (χ3n) is 2.79. The maximum Gasteiger partial charge on any atom is 0.339 e. The molecule has 0 saturated carbocycles. The molecule has 0 aliphatic rings. The van der Waals surface area contributed by atoms with Gasteiger partial charge in [0.1, 0.15) is 28.6 Å². The third-order valence-corrected chi connectivity index (χ3v) is 2.79. The van der Waals surface area contributed by atoms with Crippen LogP contribution in [0.2, 0.25) is 0 Å². The summed E-state index contributed by atoms with van der Waals surface area (Å²) in [7, 11) is 0. The SMILES string of the molecule is Cc1oc(CNC(=O)c2cc(O)cc(O)c2)cc1C(=O)O. The van der Waals surface area contributed by atoms with Crippen molar-refractivity contribution in [2.75, 3.05) is 0 Å². The second kappa shape index (κ2) is 5.58. The molecule has 1 amide bonds. The summed E-state index contributed by atoms with van der Waals surface area (Å²) in [5.74, 6) is -1.56. The van der Waals surface area contributed by atoms with Crippen molar-refractivity contribution in [3.8, 4) is 11.5 Å². The molecular weight excluding hydrogens is 278 g/mol. The van der Waals surface area contributed by atoms with E-state index in [4.69, 9.17) is 9.52 Å². The number of furan rings is 1. The summed E-state index contributed by atoms with van der Waals surface area (Å²) in [5, 5.41) is 30.0. The predicted molar refractivity (Wildman–Crippen MR) is 71.3 cm³/mol. The lowest BCUT2D eigenvalue weighted by Crippen LogP contribution is -2.22. The fourth-order valence-electron chi connectivity index (χ4n) is 1.84. The molecular formula is C14H13NO6. The second-order valence-corrected chi connectivity index (χ2v) is 4.41. The van der Waals surface area contributed by atoms with Crippen LogP contribution in [0.1, 0.15) is 32.2 Å². The number of amides is 1. The molecule has 7 heteroatoms. The van der Waals surface area contributed by atoms with Crippen LogP contribution in [0.3, 0.4) is 0 Å². The number of carboxylic acid groups (broad SMARTS) is 1. The first-order valence-electron chi connectivity index (χ1n) is 6.00. The van der Waals surface area contributed by atoms with E-state index < -0.39 is 11.9 Å². The summed E-state index contributed by atoms with van der Waals surface area (Å²) >= 11 is 0. The van der Waals surface area contributed by atoms with Crippen LogP contribution in [-0.2, 0) is 6.54 Å². The highest BCUT2D eigenvalue weighted by Gasteiger charge is 2.15.